The van der Waals surface area contributed by atoms with Gasteiger partial charge in [-0.15, -0.1) is 0 Å². The SMILES string of the molecule is O=S(=O)(NCO)c1ccccc1. The average molecular weight is 187 g/mol. The Kier molecular flexibility index (Phi) is 2.80. The lowest BCUT2D eigenvalue weighted by Gasteiger charge is -2.01. The van der Waals surface area contributed by atoms with E-state index in [0.717, 1.165) is 0 Å². The first kappa shape index (κ1) is 9.18. The highest BCUT2D eigenvalue weighted by atomic mass is 32.2. The smallest absolute Gasteiger partial charge is 0.242 e. The Balaban J connectivity index is 2.99. The molecule has 1 aromatic rings. The number of hydrogen-bond donors (Lipinski definition) is 2. The molecule has 0 aliphatic heterocycles. The third-order valence-corrected chi connectivity index (χ3v) is 2.71. The second-order valence-electron chi connectivity index (χ2n) is 2.12. The van der Waals surface area contributed by atoms with Crippen LogP contribution < -0.4 is 4.72 Å². The summed E-state index contributed by atoms with van der Waals surface area (Å²) in [5.41, 5.74) is 0. The monoisotopic (exact) mass is 187 g/mol. The minimum atomic E-state index is -3.51. The van der Waals surface area contributed by atoms with Gasteiger partial charge in [0.1, 0.15) is 6.73 Å². The summed E-state index contributed by atoms with van der Waals surface area (Å²) in [6.45, 7) is -0.586. The van der Waals surface area contributed by atoms with Gasteiger partial charge in [-0.3, -0.25) is 0 Å². The molecule has 2 N–H and O–H groups in total. The lowest BCUT2D eigenvalue weighted by molar-refractivity contribution is 0.288. The fraction of sp³-hybridized carbons (Fsp3) is 0.143. The summed E-state index contributed by atoms with van der Waals surface area (Å²) >= 11 is 0. The van der Waals surface area contributed by atoms with Crippen LogP contribution in [0, 0.1) is 0 Å². The highest BCUT2D eigenvalue weighted by molar-refractivity contribution is 7.89. The topological polar surface area (TPSA) is 66.4 Å². The highest BCUT2D eigenvalue weighted by Gasteiger charge is 2.10. The minimum absolute atomic E-state index is 0.152. The fourth-order valence-corrected chi connectivity index (χ4v) is 1.62. The van der Waals surface area contributed by atoms with Gasteiger partial charge in [-0.1, -0.05) is 18.2 Å². The molecule has 1 aromatic carbocycles. The lowest BCUT2D eigenvalue weighted by Crippen LogP contribution is -2.24. The third kappa shape index (κ3) is 2.04. The number of sulfonamides is 1. The van der Waals surface area contributed by atoms with E-state index in [1.54, 1.807) is 18.2 Å². The van der Waals surface area contributed by atoms with Crippen molar-refractivity contribution in [2.75, 3.05) is 6.73 Å². The molecular formula is C7H9NO3S. The van der Waals surface area contributed by atoms with Crippen molar-refractivity contribution in [2.24, 2.45) is 0 Å². The Morgan fingerprint density at radius 3 is 2.33 bits per heavy atom. The molecule has 0 unspecified atom stereocenters. The van der Waals surface area contributed by atoms with E-state index in [9.17, 15) is 8.42 Å². The molecule has 0 bridgehead atoms. The van der Waals surface area contributed by atoms with Crippen molar-refractivity contribution in [3.63, 3.8) is 0 Å². The molecule has 12 heavy (non-hydrogen) atoms. The molecule has 0 saturated heterocycles. The first-order valence-corrected chi connectivity index (χ1v) is 4.81. The number of nitrogens with one attached hydrogen (secondary N) is 1. The number of aliphatic hydroxyl groups excluding tert-OH is 1. The van der Waals surface area contributed by atoms with E-state index in [1.165, 1.54) is 12.1 Å². The maximum absolute atomic E-state index is 11.2. The summed E-state index contributed by atoms with van der Waals surface area (Å²) in [6.07, 6.45) is 0. The van der Waals surface area contributed by atoms with E-state index < -0.39 is 16.8 Å². The summed E-state index contributed by atoms with van der Waals surface area (Å²) in [5, 5.41) is 8.37. The van der Waals surface area contributed by atoms with Crippen LogP contribution in [0.3, 0.4) is 0 Å². The molecule has 1 rings (SSSR count). The van der Waals surface area contributed by atoms with Crippen LogP contribution in [0.5, 0.6) is 0 Å². The van der Waals surface area contributed by atoms with Crippen LogP contribution in [0.15, 0.2) is 35.2 Å². The normalized spacial score (nSPS) is 11.4. The molecule has 0 fully saturated rings. The van der Waals surface area contributed by atoms with Gasteiger partial charge >= 0.3 is 0 Å². The maximum Gasteiger partial charge on any atom is 0.242 e. The van der Waals surface area contributed by atoms with Crippen LogP contribution in [0.4, 0.5) is 0 Å². The molecule has 0 spiro atoms. The van der Waals surface area contributed by atoms with Gasteiger partial charge in [0.05, 0.1) is 4.90 Å². The molecule has 0 aromatic heterocycles. The van der Waals surface area contributed by atoms with Crippen molar-refractivity contribution in [2.45, 2.75) is 4.90 Å². The summed E-state index contributed by atoms with van der Waals surface area (Å²) in [7, 11) is -3.51. The first-order valence-electron chi connectivity index (χ1n) is 3.32. The van der Waals surface area contributed by atoms with E-state index in [0.29, 0.717) is 0 Å². The van der Waals surface area contributed by atoms with Crippen LogP contribution in [-0.2, 0) is 10.0 Å². The van der Waals surface area contributed by atoms with Gasteiger partial charge in [-0.2, -0.15) is 4.72 Å². The molecule has 4 nitrogen and oxygen atoms in total. The second-order valence-corrected chi connectivity index (χ2v) is 3.89. The van der Waals surface area contributed by atoms with Gasteiger partial charge in [-0.25, -0.2) is 8.42 Å². The van der Waals surface area contributed by atoms with Crippen LogP contribution in [0.1, 0.15) is 0 Å². The summed E-state index contributed by atoms with van der Waals surface area (Å²) in [5.74, 6) is 0. The zero-order chi connectivity index (χ0) is 9.03. The predicted octanol–water partition coefficient (Wildman–Crippen LogP) is -0.0853. The standard InChI is InChI=1S/C7H9NO3S/c9-6-8-12(10,11)7-4-2-1-3-5-7/h1-5,8-9H,6H2. The first-order chi connectivity index (χ1) is 5.67. The molecule has 0 radical (unpaired) electrons. The van der Waals surface area contributed by atoms with Gasteiger partial charge in [0.25, 0.3) is 0 Å². The van der Waals surface area contributed by atoms with Crippen molar-refractivity contribution in [3.05, 3.63) is 30.3 Å². The van der Waals surface area contributed by atoms with E-state index in [-0.39, 0.29) is 4.90 Å². The molecule has 66 valence electrons. The van der Waals surface area contributed by atoms with Crippen molar-refractivity contribution >= 4 is 10.0 Å². The zero-order valence-electron chi connectivity index (χ0n) is 6.27. The Labute approximate surface area is 70.9 Å². The van der Waals surface area contributed by atoms with Gasteiger partial charge in [0.15, 0.2) is 0 Å². The van der Waals surface area contributed by atoms with Crippen molar-refractivity contribution in [1.29, 1.82) is 0 Å². The van der Waals surface area contributed by atoms with Gasteiger partial charge < -0.3 is 5.11 Å². The lowest BCUT2D eigenvalue weighted by atomic mass is 10.4. The van der Waals surface area contributed by atoms with E-state index in [4.69, 9.17) is 5.11 Å². The van der Waals surface area contributed by atoms with E-state index in [2.05, 4.69) is 0 Å². The Bertz CT molecular complexity index is 333. The molecule has 0 atom stereocenters. The number of hydrogen-bond acceptors (Lipinski definition) is 3. The third-order valence-electron chi connectivity index (χ3n) is 1.31. The fourth-order valence-electron chi connectivity index (χ4n) is 0.768. The molecule has 0 saturated carbocycles. The van der Waals surface area contributed by atoms with Crippen LogP contribution in [0.25, 0.3) is 0 Å². The number of aliphatic hydroxyl groups is 1. The van der Waals surface area contributed by atoms with Crippen LogP contribution in [0.2, 0.25) is 0 Å². The summed E-state index contributed by atoms with van der Waals surface area (Å²) in [4.78, 5) is 0.152. The highest BCUT2D eigenvalue weighted by Crippen LogP contribution is 2.05. The van der Waals surface area contributed by atoms with E-state index >= 15 is 0 Å². The Hall–Kier alpha value is -0.910. The van der Waals surface area contributed by atoms with Crippen molar-refractivity contribution in [1.82, 2.24) is 4.72 Å². The predicted molar refractivity (Wildman–Crippen MR) is 43.8 cm³/mol. The molecule has 0 heterocycles. The number of benzene rings is 1. The molecule has 5 heteroatoms. The average Bonchev–Trinajstić information content (AvgIpc) is 2.06. The zero-order valence-corrected chi connectivity index (χ0v) is 7.08. The quantitative estimate of drug-likeness (QED) is 0.650. The second kappa shape index (κ2) is 3.66. The Morgan fingerprint density at radius 2 is 1.83 bits per heavy atom. The van der Waals surface area contributed by atoms with Gasteiger partial charge in [-0.05, 0) is 12.1 Å². The summed E-state index contributed by atoms with van der Waals surface area (Å²) < 4.78 is 24.3. The van der Waals surface area contributed by atoms with Crippen molar-refractivity contribution < 1.29 is 13.5 Å². The van der Waals surface area contributed by atoms with E-state index in [1.807, 2.05) is 4.72 Å². The summed E-state index contributed by atoms with van der Waals surface area (Å²) in [6, 6.07) is 7.87. The minimum Gasteiger partial charge on any atom is -0.380 e. The van der Waals surface area contributed by atoms with Gasteiger partial charge in [0.2, 0.25) is 10.0 Å². The van der Waals surface area contributed by atoms with Crippen LogP contribution >= 0.6 is 0 Å². The molecule has 0 aliphatic rings. The molecular weight excluding hydrogens is 178 g/mol. The molecule has 0 aliphatic carbocycles. The largest absolute Gasteiger partial charge is 0.380 e. The Morgan fingerprint density at radius 1 is 1.25 bits per heavy atom. The van der Waals surface area contributed by atoms with Crippen molar-refractivity contribution in [3.8, 4) is 0 Å². The number of rotatable bonds is 3. The van der Waals surface area contributed by atoms with Gasteiger partial charge in [0, 0.05) is 0 Å². The maximum atomic E-state index is 11.2. The molecule has 0 amide bonds. The van der Waals surface area contributed by atoms with Crippen LogP contribution in [-0.4, -0.2) is 20.3 Å².